The number of nitrogens with one attached hydrogen (secondary N) is 2. The second-order valence-corrected chi connectivity index (χ2v) is 6.53. The summed E-state index contributed by atoms with van der Waals surface area (Å²) in [6.07, 6.45) is 5.91. The third-order valence-corrected chi connectivity index (χ3v) is 4.10. The van der Waals surface area contributed by atoms with Crippen molar-refractivity contribution in [3.63, 3.8) is 0 Å². The average Bonchev–Trinajstić information content (AvgIpc) is 3.09. The van der Waals surface area contributed by atoms with Crippen LogP contribution in [0.1, 0.15) is 50.0 Å². The molecule has 1 aromatic heterocycles. The normalized spacial score (nSPS) is 14.5. The molecule has 0 aliphatic heterocycles. The molecule has 1 fully saturated rings. The largest absolute Gasteiger partial charge is 0.489 e. The van der Waals surface area contributed by atoms with Crippen LogP contribution in [-0.2, 0) is 0 Å². The molecule has 1 aromatic carbocycles. The van der Waals surface area contributed by atoms with Crippen molar-refractivity contribution < 1.29 is 9.53 Å². The van der Waals surface area contributed by atoms with Gasteiger partial charge in [0.1, 0.15) is 23.6 Å². The van der Waals surface area contributed by atoms with Crippen molar-refractivity contribution in [3.05, 3.63) is 42.4 Å². The summed E-state index contributed by atoms with van der Waals surface area (Å²) in [4.78, 5) is 20.7. The van der Waals surface area contributed by atoms with Crippen molar-refractivity contribution in [2.75, 3.05) is 5.32 Å². The van der Waals surface area contributed by atoms with Crippen molar-refractivity contribution in [2.45, 2.75) is 51.7 Å². The van der Waals surface area contributed by atoms with Crippen LogP contribution in [0.15, 0.2) is 36.7 Å². The van der Waals surface area contributed by atoms with Crippen molar-refractivity contribution in [3.8, 4) is 5.75 Å². The van der Waals surface area contributed by atoms with E-state index in [4.69, 9.17) is 4.74 Å². The fraction of sp³-hybridized carbons (Fsp3) is 0.421. The number of carbonyl (C=O) groups excluding carboxylic acids is 1. The molecule has 0 saturated heterocycles. The Morgan fingerprint density at radius 3 is 2.72 bits per heavy atom. The van der Waals surface area contributed by atoms with Crippen LogP contribution in [0, 0.1) is 0 Å². The van der Waals surface area contributed by atoms with Crippen LogP contribution in [0.4, 0.5) is 11.5 Å². The van der Waals surface area contributed by atoms with E-state index in [1.54, 1.807) is 6.07 Å². The standard InChI is InChI=1S/C19H24N4O2/c1-13(2)25-17-10-6-5-9-15(17)23-18-11-16(20-12-21-18)19(24)22-14-7-3-4-8-14/h5-6,9-14H,3-4,7-8H2,1-2H3,(H,22,24)(H,20,21,23). The lowest BCUT2D eigenvalue weighted by Gasteiger charge is -2.15. The van der Waals surface area contributed by atoms with E-state index in [0.717, 1.165) is 24.3 Å². The van der Waals surface area contributed by atoms with Gasteiger partial charge in [0.05, 0.1) is 11.8 Å². The summed E-state index contributed by atoms with van der Waals surface area (Å²) in [5.74, 6) is 1.16. The van der Waals surface area contributed by atoms with Gasteiger partial charge in [0, 0.05) is 12.1 Å². The lowest BCUT2D eigenvalue weighted by atomic mass is 10.2. The van der Waals surface area contributed by atoms with Gasteiger partial charge in [-0.15, -0.1) is 0 Å². The van der Waals surface area contributed by atoms with E-state index in [2.05, 4.69) is 20.6 Å². The molecule has 1 amide bonds. The Morgan fingerprint density at radius 2 is 1.96 bits per heavy atom. The average molecular weight is 340 g/mol. The highest BCUT2D eigenvalue weighted by atomic mass is 16.5. The minimum Gasteiger partial charge on any atom is -0.489 e. The second kappa shape index (κ2) is 7.96. The van der Waals surface area contributed by atoms with Crippen LogP contribution in [0.5, 0.6) is 5.75 Å². The highest BCUT2D eigenvalue weighted by Crippen LogP contribution is 2.27. The number of ether oxygens (including phenoxy) is 1. The van der Waals surface area contributed by atoms with Crippen molar-refractivity contribution >= 4 is 17.4 Å². The number of nitrogens with zero attached hydrogens (tertiary/aromatic N) is 2. The fourth-order valence-corrected chi connectivity index (χ4v) is 2.94. The first-order valence-electron chi connectivity index (χ1n) is 8.77. The minimum absolute atomic E-state index is 0.0705. The Bertz CT molecular complexity index is 727. The molecule has 1 aliphatic rings. The smallest absolute Gasteiger partial charge is 0.270 e. The van der Waals surface area contributed by atoms with E-state index in [-0.39, 0.29) is 18.1 Å². The topological polar surface area (TPSA) is 76.1 Å². The Balaban J connectivity index is 1.72. The van der Waals surface area contributed by atoms with Gasteiger partial charge in [0.25, 0.3) is 5.91 Å². The molecule has 0 spiro atoms. The zero-order chi connectivity index (χ0) is 17.6. The van der Waals surface area contributed by atoms with Gasteiger partial charge in [-0.1, -0.05) is 25.0 Å². The molecule has 0 atom stereocenters. The third-order valence-electron chi connectivity index (χ3n) is 4.10. The molecule has 1 saturated carbocycles. The van der Waals surface area contributed by atoms with Gasteiger partial charge in [-0.05, 0) is 38.8 Å². The van der Waals surface area contributed by atoms with E-state index >= 15 is 0 Å². The van der Waals surface area contributed by atoms with Crippen molar-refractivity contribution in [2.24, 2.45) is 0 Å². The predicted octanol–water partition coefficient (Wildman–Crippen LogP) is 3.68. The number of rotatable bonds is 6. The van der Waals surface area contributed by atoms with E-state index in [1.165, 1.54) is 19.2 Å². The molecule has 0 unspecified atom stereocenters. The summed E-state index contributed by atoms with van der Waals surface area (Å²) in [6, 6.07) is 9.58. The molecular weight excluding hydrogens is 316 g/mol. The second-order valence-electron chi connectivity index (χ2n) is 6.53. The van der Waals surface area contributed by atoms with Gasteiger partial charge < -0.3 is 15.4 Å². The highest BCUT2D eigenvalue weighted by molar-refractivity contribution is 5.93. The van der Waals surface area contributed by atoms with Crippen LogP contribution in [0.2, 0.25) is 0 Å². The first-order chi connectivity index (χ1) is 12.1. The maximum atomic E-state index is 12.4. The molecule has 6 nitrogen and oxygen atoms in total. The zero-order valence-corrected chi connectivity index (χ0v) is 14.7. The van der Waals surface area contributed by atoms with Gasteiger partial charge >= 0.3 is 0 Å². The Morgan fingerprint density at radius 1 is 1.20 bits per heavy atom. The molecule has 0 bridgehead atoms. The van der Waals surface area contributed by atoms with Crippen LogP contribution in [0.25, 0.3) is 0 Å². The summed E-state index contributed by atoms with van der Waals surface area (Å²) >= 11 is 0. The molecule has 1 heterocycles. The highest BCUT2D eigenvalue weighted by Gasteiger charge is 2.19. The summed E-state index contributed by atoms with van der Waals surface area (Å²) in [5, 5.41) is 6.25. The van der Waals surface area contributed by atoms with Crippen LogP contribution < -0.4 is 15.4 Å². The van der Waals surface area contributed by atoms with E-state index in [9.17, 15) is 4.79 Å². The number of benzene rings is 1. The molecule has 1 aliphatic carbocycles. The molecule has 132 valence electrons. The number of para-hydroxylation sites is 2. The fourth-order valence-electron chi connectivity index (χ4n) is 2.94. The molecule has 25 heavy (non-hydrogen) atoms. The predicted molar refractivity (Wildman–Crippen MR) is 97.2 cm³/mol. The third kappa shape index (κ3) is 4.68. The molecule has 2 aromatic rings. The van der Waals surface area contributed by atoms with Gasteiger partial charge in [0.2, 0.25) is 0 Å². The van der Waals surface area contributed by atoms with Crippen LogP contribution in [0.3, 0.4) is 0 Å². The quantitative estimate of drug-likeness (QED) is 0.839. The summed E-state index contributed by atoms with van der Waals surface area (Å²) < 4.78 is 5.80. The summed E-state index contributed by atoms with van der Waals surface area (Å²) in [6.45, 7) is 3.96. The minimum atomic E-state index is -0.149. The summed E-state index contributed by atoms with van der Waals surface area (Å²) in [7, 11) is 0. The van der Waals surface area contributed by atoms with Crippen LogP contribution in [-0.4, -0.2) is 28.0 Å². The van der Waals surface area contributed by atoms with Gasteiger partial charge in [-0.2, -0.15) is 0 Å². The molecule has 6 heteroatoms. The Kier molecular flexibility index (Phi) is 5.48. The lowest BCUT2D eigenvalue weighted by Crippen LogP contribution is -2.33. The summed E-state index contributed by atoms with van der Waals surface area (Å²) in [5.41, 5.74) is 1.17. The first-order valence-corrected chi connectivity index (χ1v) is 8.77. The molecule has 0 radical (unpaired) electrons. The molecule has 3 rings (SSSR count). The number of amides is 1. The van der Waals surface area contributed by atoms with Crippen molar-refractivity contribution in [1.82, 2.24) is 15.3 Å². The SMILES string of the molecule is CC(C)Oc1ccccc1Nc1cc(C(=O)NC2CCCC2)ncn1. The van der Waals surface area contributed by atoms with E-state index in [1.807, 2.05) is 38.1 Å². The van der Waals surface area contributed by atoms with E-state index in [0.29, 0.717) is 11.5 Å². The van der Waals surface area contributed by atoms with E-state index < -0.39 is 0 Å². The van der Waals surface area contributed by atoms with Gasteiger partial charge in [-0.25, -0.2) is 9.97 Å². The van der Waals surface area contributed by atoms with Gasteiger partial charge in [0.15, 0.2) is 0 Å². The number of hydrogen-bond donors (Lipinski definition) is 2. The maximum absolute atomic E-state index is 12.4. The molecule has 2 N–H and O–H groups in total. The Hall–Kier alpha value is -2.63. The number of carbonyl (C=O) groups is 1. The monoisotopic (exact) mass is 340 g/mol. The Labute approximate surface area is 148 Å². The zero-order valence-electron chi connectivity index (χ0n) is 14.7. The lowest BCUT2D eigenvalue weighted by molar-refractivity contribution is 0.0932. The first kappa shape index (κ1) is 17.2. The van der Waals surface area contributed by atoms with Gasteiger partial charge in [-0.3, -0.25) is 4.79 Å². The number of anilines is 2. The number of hydrogen-bond acceptors (Lipinski definition) is 5. The van der Waals surface area contributed by atoms with Crippen molar-refractivity contribution in [1.29, 1.82) is 0 Å². The number of aromatic nitrogens is 2. The molecular formula is C19H24N4O2. The van der Waals surface area contributed by atoms with Crippen LogP contribution >= 0.6 is 0 Å². The maximum Gasteiger partial charge on any atom is 0.270 e.